The van der Waals surface area contributed by atoms with Gasteiger partial charge in [0.15, 0.2) is 0 Å². The Labute approximate surface area is 223 Å². The monoisotopic (exact) mass is 489 g/mol. The maximum absolute atomic E-state index is 4.23. The van der Waals surface area contributed by atoms with E-state index in [0.717, 1.165) is 0 Å². The molecule has 4 aromatic carbocycles. The molecule has 0 amide bonds. The molecule has 184 valence electrons. The molecule has 0 atom stereocenters. The van der Waals surface area contributed by atoms with Gasteiger partial charge in [0.05, 0.1) is 16.6 Å². The Bertz CT molecular complexity index is 2090. The van der Waals surface area contributed by atoms with Gasteiger partial charge < -0.3 is 4.40 Å². The number of allylic oxidation sites excluding steroid dienone is 5. The van der Waals surface area contributed by atoms with Crippen LogP contribution in [0.2, 0.25) is 0 Å². The third-order valence-electron chi connectivity index (χ3n) is 9.62. The maximum Gasteiger partial charge on any atom is 0.0620 e. The van der Waals surface area contributed by atoms with Crippen LogP contribution in [0.15, 0.2) is 97.1 Å². The van der Waals surface area contributed by atoms with Gasteiger partial charge in [-0.3, -0.25) is 0 Å². The molecule has 1 nitrogen and oxygen atoms in total. The van der Waals surface area contributed by atoms with E-state index in [2.05, 4.69) is 124 Å². The van der Waals surface area contributed by atoms with Gasteiger partial charge in [0.1, 0.15) is 0 Å². The third-order valence-corrected chi connectivity index (χ3v) is 9.62. The van der Waals surface area contributed by atoms with Gasteiger partial charge in [-0.25, -0.2) is 0 Å². The maximum atomic E-state index is 4.23. The third kappa shape index (κ3) is 2.35. The number of aromatic nitrogens is 1. The SMILES string of the molecule is C=CC1=C(/C=C\C)C(C)(C)c2cc3c4cccc5c6cc7c(cc6n(c3cc21)c45)-c1ccccc1C7(C)C. The van der Waals surface area contributed by atoms with Crippen molar-refractivity contribution < 1.29 is 0 Å². The van der Waals surface area contributed by atoms with Crippen molar-refractivity contribution in [2.24, 2.45) is 0 Å². The van der Waals surface area contributed by atoms with Crippen molar-refractivity contribution in [2.75, 3.05) is 0 Å². The van der Waals surface area contributed by atoms with E-state index in [9.17, 15) is 0 Å². The molecule has 0 bridgehead atoms. The smallest absolute Gasteiger partial charge is 0.0620 e. The highest BCUT2D eigenvalue weighted by Gasteiger charge is 2.38. The lowest BCUT2D eigenvalue weighted by atomic mass is 9.80. The topological polar surface area (TPSA) is 4.41 Å². The lowest BCUT2D eigenvalue weighted by molar-refractivity contribution is 0.655. The quantitative estimate of drug-likeness (QED) is 0.228. The van der Waals surface area contributed by atoms with Gasteiger partial charge >= 0.3 is 0 Å². The Morgan fingerprint density at radius 2 is 1.29 bits per heavy atom. The fourth-order valence-electron chi connectivity index (χ4n) is 7.77. The molecule has 0 saturated carbocycles. The van der Waals surface area contributed by atoms with Gasteiger partial charge in [-0.1, -0.05) is 95.0 Å². The molecule has 0 aliphatic heterocycles. The van der Waals surface area contributed by atoms with E-state index in [4.69, 9.17) is 0 Å². The van der Waals surface area contributed by atoms with Crippen molar-refractivity contribution in [2.45, 2.75) is 45.4 Å². The predicted molar refractivity (Wildman–Crippen MR) is 164 cm³/mol. The van der Waals surface area contributed by atoms with E-state index in [1.54, 1.807) is 0 Å². The fraction of sp³-hybridized carbons (Fsp3) is 0.189. The number of rotatable bonds is 2. The first kappa shape index (κ1) is 21.9. The Morgan fingerprint density at radius 1 is 0.658 bits per heavy atom. The molecular formula is C37H31N. The number of hydrogen-bond donors (Lipinski definition) is 0. The Hall–Kier alpha value is -4.10. The molecule has 0 N–H and O–H groups in total. The fourth-order valence-corrected chi connectivity index (χ4v) is 7.77. The largest absolute Gasteiger partial charge is 0.308 e. The Kier molecular flexibility index (Phi) is 3.96. The minimum atomic E-state index is -0.0657. The zero-order valence-corrected chi connectivity index (χ0v) is 22.7. The van der Waals surface area contributed by atoms with Crippen molar-refractivity contribution in [3.63, 3.8) is 0 Å². The molecule has 2 heterocycles. The molecule has 2 aliphatic rings. The van der Waals surface area contributed by atoms with Crippen molar-refractivity contribution in [1.82, 2.24) is 4.40 Å². The second-order valence-corrected chi connectivity index (χ2v) is 12.2. The lowest BCUT2D eigenvalue weighted by Crippen LogP contribution is -2.16. The Balaban J connectivity index is 1.55. The molecule has 2 aliphatic carbocycles. The minimum Gasteiger partial charge on any atom is -0.308 e. The normalized spacial score (nSPS) is 17.4. The summed E-state index contributed by atoms with van der Waals surface area (Å²) >= 11 is 0. The molecular weight excluding hydrogens is 458 g/mol. The van der Waals surface area contributed by atoms with E-state index in [0.29, 0.717) is 0 Å². The van der Waals surface area contributed by atoms with Crippen LogP contribution in [0.4, 0.5) is 0 Å². The van der Waals surface area contributed by atoms with Crippen LogP contribution in [-0.2, 0) is 10.8 Å². The number of hydrogen-bond acceptors (Lipinski definition) is 0. The first-order chi connectivity index (χ1) is 18.3. The summed E-state index contributed by atoms with van der Waals surface area (Å²) in [6.07, 6.45) is 6.47. The summed E-state index contributed by atoms with van der Waals surface area (Å²) in [5.41, 5.74) is 14.8. The van der Waals surface area contributed by atoms with Crippen LogP contribution in [0.5, 0.6) is 0 Å². The molecule has 0 saturated heterocycles. The number of nitrogens with zero attached hydrogens (tertiary/aromatic N) is 1. The highest BCUT2D eigenvalue weighted by atomic mass is 14.9. The molecule has 0 spiro atoms. The summed E-state index contributed by atoms with van der Waals surface area (Å²) < 4.78 is 2.53. The first-order valence-electron chi connectivity index (χ1n) is 13.7. The number of para-hydroxylation sites is 1. The van der Waals surface area contributed by atoms with Crippen LogP contribution >= 0.6 is 0 Å². The van der Waals surface area contributed by atoms with Crippen LogP contribution in [0, 0.1) is 0 Å². The molecule has 38 heavy (non-hydrogen) atoms. The molecule has 0 fully saturated rings. The second kappa shape index (κ2) is 6.85. The standard InChI is InChI=1S/C37H31N/c1-7-12-29-21(8-2)25-19-33-27(17-31(25)36(29,3)4)23-14-11-15-24-28-18-32-26(20-34(28)38(33)35(23)24)22-13-9-10-16-30(22)37(32,5)6/h7-20H,2H2,1,3-6H3/b12-7-. The van der Waals surface area contributed by atoms with Gasteiger partial charge in [0, 0.05) is 32.4 Å². The Morgan fingerprint density at radius 3 is 1.95 bits per heavy atom. The van der Waals surface area contributed by atoms with E-state index < -0.39 is 0 Å². The summed E-state index contributed by atoms with van der Waals surface area (Å²) in [6, 6.07) is 25.6. The molecule has 8 rings (SSSR count). The lowest BCUT2D eigenvalue weighted by Gasteiger charge is -2.23. The second-order valence-electron chi connectivity index (χ2n) is 12.2. The summed E-state index contributed by atoms with van der Waals surface area (Å²) in [7, 11) is 0. The molecule has 1 heteroatoms. The van der Waals surface area contributed by atoms with E-state index in [-0.39, 0.29) is 10.8 Å². The molecule has 6 aromatic rings. The highest BCUT2D eigenvalue weighted by molar-refractivity contribution is 6.24. The summed E-state index contributed by atoms with van der Waals surface area (Å²) in [5.74, 6) is 0. The van der Waals surface area contributed by atoms with Crippen molar-refractivity contribution in [3.8, 4) is 11.1 Å². The molecule has 0 unspecified atom stereocenters. The summed E-state index contributed by atoms with van der Waals surface area (Å²) in [4.78, 5) is 0. The van der Waals surface area contributed by atoms with Gasteiger partial charge in [-0.15, -0.1) is 0 Å². The van der Waals surface area contributed by atoms with Crippen LogP contribution in [0.3, 0.4) is 0 Å². The van der Waals surface area contributed by atoms with Gasteiger partial charge in [0.25, 0.3) is 0 Å². The van der Waals surface area contributed by atoms with Gasteiger partial charge in [-0.2, -0.15) is 0 Å². The number of fused-ring (bicyclic) bond motifs is 10. The van der Waals surface area contributed by atoms with Crippen LogP contribution in [0.25, 0.3) is 54.8 Å². The van der Waals surface area contributed by atoms with Crippen LogP contribution in [-0.4, -0.2) is 4.40 Å². The average molecular weight is 490 g/mol. The highest BCUT2D eigenvalue weighted by Crippen LogP contribution is 2.53. The summed E-state index contributed by atoms with van der Waals surface area (Å²) in [6.45, 7) is 15.8. The van der Waals surface area contributed by atoms with Gasteiger partial charge in [-0.05, 0) is 75.7 Å². The van der Waals surface area contributed by atoms with Crippen LogP contribution in [0.1, 0.15) is 56.9 Å². The first-order valence-corrected chi connectivity index (χ1v) is 13.7. The van der Waals surface area contributed by atoms with Crippen LogP contribution < -0.4 is 0 Å². The predicted octanol–water partition coefficient (Wildman–Crippen LogP) is 9.95. The van der Waals surface area contributed by atoms with E-state index in [1.807, 2.05) is 6.08 Å². The van der Waals surface area contributed by atoms with Crippen molar-refractivity contribution >= 4 is 43.7 Å². The molecule has 2 aromatic heterocycles. The van der Waals surface area contributed by atoms with Gasteiger partial charge in [0.2, 0.25) is 0 Å². The summed E-state index contributed by atoms with van der Waals surface area (Å²) in [5, 5.41) is 5.37. The van der Waals surface area contributed by atoms with Crippen molar-refractivity contribution in [1.29, 1.82) is 0 Å². The van der Waals surface area contributed by atoms with E-state index in [1.165, 1.54) is 82.6 Å². The zero-order valence-electron chi connectivity index (χ0n) is 22.7. The van der Waals surface area contributed by atoms with E-state index >= 15 is 0 Å². The van der Waals surface area contributed by atoms with Crippen molar-refractivity contribution in [3.05, 3.63) is 119 Å². The molecule has 0 radical (unpaired) electrons. The number of benzene rings is 4. The zero-order chi connectivity index (χ0) is 26.1. The minimum absolute atomic E-state index is 0.00651. The average Bonchev–Trinajstić information content (AvgIpc) is 3.55.